The molecule has 0 radical (unpaired) electrons. The zero-order valence-electron chi connectivity index (χ0n) is 23.0. The first-order valence-corrected chi connectivity index (χ1v) is 15.2. The number of methoxy groups -OCH3 is 1. The van der Waals surface area contributed by atoms with Crippen LogP contribution in [0.4, 0.5) is 10.2 Å². The Bertz CT molecular complexity index is 1420. The summed E-state index contributed by atoms with van der Waals surface area (Å²) >= 11 is 0. The maximum Gasteiger partial charge on any atom is 0.243 e. The maximum absolute atomic E-state index is 13.6. The van der Waals surface area contributed by atoms with Crippen molar-refractivity contribution < 1.29 is 27.1 Å². The van der Waals surface area contributed by atoms with Crippen LogP contribution in [-0.2, 0) is 19.6 Å². The highest BCUT2D eigenvalue weighted by Gasteiger charge is 2.32. The summed E-state index contributed by atoms with van der Waals surface area (Å²) in [6, 6.07) is 16.0. The van der Waals surface area contributed by atoms with Crippen LogP contribution < -0.4 is 9.64 Å². The molecule has 2 saturated heterocycles. The van der Waals surface area contributed by atoms with Gasteiger partial charge in [-0.25, -0.2) is 12.8 Å². The summed E-state index contributed by atoms with van der Waals surface area (Å²) in [5.74, 6) is 0.678. The molecule has 1 amide bonds. The number of ether oxygens (including phenoxy) is 2. The molecule has 2 aliphatic heterocycles. The summed E-state index contributed by atoms with van der Waals surface area (Å²) in [5, 5.41) is 8.67. The minimum absolute atomic E-state index is 0.105. The summed E-state index contributed by atoms with van der Waals surface area (Å²) < 4.78 is 52.6. The fourth-order valence-electron chi connectivity index (χ4n) is 5.08. The van der Waals surface area contributed by atoms with Crippen molar-refractivity contribution in [2.45, 2.75) is 30.3 Å². The summed E-state index contributed by atoms with van der Waals surface area (Å²) in [4.78, 5) is 17.4. The van der Waals surface area contributed by atoms with Crippen LogP contribution in [0.25, 0.3) is 11.3 Å². The van der Waals surface area contributed by atoms with Crippen LogP contribution >= 0.6 is 0 Å². The molecule has 5 rings (SSSR count). The maximum atomic E-state index is 13.6. The number of hydrogen-bond donors (Lipinski definition) is 0. The van der Waals surface area contributed by atoms with Gasteiger partial charge in [-0.05, 0) is 79.9 Å². The monoisotopic (exact) mass is 583 g/mol. The Morgan fingerprint density at radius 3 is 2.44 bits per heavy atom. The largest absolute Gasteiger partial charge is 0.497 e. The second-order valence-electron chi connectivity index (χ2n) is 10.1. The van der Waals surface area contributed by atoms with E-state index in [-0.39, 0.29) is 35.8 Å². The number of nitrogens with zero attached hydrogens (tertiary/aromatic N) is 5. The van der Waals surface area contributed by atoms with Crippen LogP contribution in [0.5, 0.6) is 5.75 Å². The fraction of sp³-hybridized carbons (Fsp3) is 0.414. The molecule has 1 atom stereocenters. The molecule has 218 valence electrons. The van der Waals surface area contributed by atoms with Crippen LogP contribution in [-0.4, -0.2) is 92.8 Å². The number of anilines is 1. The summed E-state index contributed by atoms with van der Waals surface area (Å²) in [6.45, 7) is 2.59. The Hall–Kier alpha value is -3.61. The first-order chi connectivity index (χ1) is 19.8. The number of carbonyl (C=O) groups excluding carboxylic acids is 1. The molecule has 2 fully saturated rings. The Morgan fingerprint density at radius 2 is 1.78 bits per heavy atom. The highest BCUT2D eigenvalue weighted by molar-refractivity contribution is 7.89. The smallest absolute Gasteiger partial charge is 0.243 e. The van der Waals surface area contributed by atoms with Crippen LogP contribution in [0.15, 0.2) is 65.6 Å². The number of hydrogen-bond acceptors (Lipinski definition) is 8. The van der Waals surface area contributed by atoms with Gasteiger partial charge in [-0.3, -0.25) is 4.79 Å². The quantitative estimate of drug-likeness (QED) is 0.378. The number of carbonyl (C=O) groups is 1. The first kappa shape index (κ1) is 28.9. The van der Waals surface area contributed by atoms with Gasteiger partial charge in [0, 0.05) is 44.9 Å². The van der Waals surface area contributed by atoms with Gasteiger partial charge in [0.2, 0.25) is 15.9 Å². The van der Waals surface area contributed by atoms with E-state index in [1.807, 2.05) is 12.1 Å². The molecule has 2 aliphatic rings. The molecule has 1 unspecified atom stereocenters. The van der Waals surface area contributed by atoms with E-state index in [0.717, 1.165) is 18.4 Å². The summed E-state index contributed by atoms with van der Waals surface area (Å²) in [5.41, 5.74) is 1.42. The van der Waals surface area contributed by atoms with Gasteiger partial charge in [-0.15, -0.1) is 10.2 Å². The van der Waals surface area contributed by atoms with E-state index >= 15 is 0 Å². The van der Waals surface area contributed by atoms with E-state index in [4.69, 9.17) is 9.47 Å². The Labute approximate surface area is 239 Å². The third-order valence-corrected chi connectivity index (χ3v) is 9.23. The van der Waals surface area contributed by atoms with Crippen LogP contribution in [0.2, 0.25) is 0 Å². The van der Waals surface area contributed by atoms with Crippen LogP contribution in [0.1, 0.15) is 19.3 Å². The molecular formula is C29H34FN5O5S. The summed E-state index contributed by atoms with van der Waals surface area (Å²) in [7, 11) is -2.42. The van der Waals surface area contributed by atoms with Crippen molar-refractivity contribution in [3.05, 3.63) is 66.5 Å². The first-order valence-electron chi connectivity index (χ1n) is 13.7. The van der Waals surface area contributed by atoms with Gasteiger partial charge in [0.1, 0.15) is 11.6 Å². The van der Waals surface area contributed by atoms with Crippen molar-refractivity contribution >= 4 is 21.7 Å². The lowest BCUT2D eigenvalue weighted by Gasteiger charge is -2.28. The standard InChI is InChI=1S/C29H34FN5O5S/c1-39-24-9-11-26(12-10-24)41(37,38)35(20-25-4-2-19-40-25)21-29(36)34-16-3-15-33(17-18-34)28-14-13-27(31-32-28)22-5-7-23(30)8-6-22/h5-14,25H,2-4,15-21H2,1H3. The SMILES string of the molecule is COc1ccc(S(=O)(=O)N(CC(=O)N2CCCN(c3ccc(-c4ccc(F)cc4)nn3)CC2)CC2CCCO2)cc1. The predicted octanol–water partition coefficient (Wildman–Crippen LogP) is 3.20. The Balaban J connectivity index is 1.25. The van der Waals surface area contributed by atoms with Crippen LogP contribution in [0, 0.1) is 5.82 Å². The second-order valence-corrected chi connectivity index (χ2v) is 12.1. The molecule has 10 nitrogen and oxygen atoms in total. The molecule has 12 heteroatoms. The highest BCUT2D eigenvalue weighted by atomic mass is 32.2. The van der Waals surface area contributed by atoms with E-state index < -0.39 is 10.0 Å². The lowest BCUT2D eigenvalue weighted by molar-refractivity contribution is -0.131. The highest BCUT2D eigenvalue weighted by Crippen LogP contribution is 2.23. The average molecular weight is 584 g/mol. The molecule has 0 aliphatic carbocycles. The lowest BCUT2D eigenvalue weighted by atomic mass is 10.1. The molecule has 0 bridgehead atoms. The van der Waals surface area contributed by atoms with Crippen LogP contribution in [0.3, 0.4) is 0 Å². The second kappa shape index (κ2) is 12.9. The molecule has 41 heavy (non-hydrogen) atoms. The van der Waals surface area contributed by atoms with Gasteiger partial charge >= 0.3 is 0 Å². The predicted molar refractivity (Wildman–Crippen MR) is 152 cm³/mol. The average Bonchev–Trinajstić information content (AvgIpc) is 3.38. The van der Waals surface area contributed by atoms with E-state index in [1.54, 1.807) is 29.2 Å². The zero-order chi connectivity index (χ0) is 28.8. The topological polar surface area (TPSA) is 105 Å². The van der Waals surface area contributed by atoms with Gasteiger partial charge in [-0.2, -0.15) is 4.31 Å². The Morgan fingerprint density at radius 1 is 1.00 bits per heavy atom. The molecule has 3 heterocycles. The van der Waals surface area contributed by atoms with Crippen molar-refractivity contribution in [3.63, 3.8) is 0 Å². The molecule has 0 spiro atoms. The van der Waals surface area contributed by atoms with Gasteiger partial charge < -0.3 is 19.3 Å². The van der Waals surface area contributed by atoms with E-state index in [1.165, 1.54) is 35.7 Å². The molecule has 0 N–H and O–H groups in total. The lowest BCUT2D eigenvalue weighted by Crippen LogP contribution is -2.46. The van der Waals surface area contributed by atoms with E-state index in [2.05, 4.69) is 15.1 Å². The van der Waals surface area contributed by atoms with Gasteiger partial charge in [0.15, 0.2) is 5.82 Å². The normalized spacial score (nSPS) is 18.0. The van der Waals surface area contributed by atoms with Crippen molar-refractivity contribution in [1.29, 1.82) is 0 Å². The number of benzene rings is 2. The zero-order valence-corrected chi connectivity index (χ0v) is 23.8. The number of halogens is 1. The van der Waals surface area contributed by atoms with Crippen molar-refractivity contribution in [3.8, 4) is 17.0 Å². The minimum atomic E-state index is -3.94. The molecule has 1 aromatic heterocycles. The number of aromatic nitrogens is 2. The summed E-state index contributed by atoms with van der Waals surface area (Å²) in [6.07, 6.45) is 2.07. The van der Waals surface area contributed by atoms with Crippen molar-refractivity contribution in [1.82, 2.24) is 19.4 Å². The Kier molecular flexibility index (Phi) is 9.11. The van der Waals surface area contributed by atoms with E-state index in [0.29, 0.717) is 56.5 Å². The molecule has 2 aromatic carbocycles. The van der Waals surface area contributed by atoms with Gasteiger partial charge in [0.05, 0.1) is 30.3 Å². The van der Waals surface area contributed by atoms with Gasteiger partial charge in [0.25, 0.3) is 0 Å². The third-order valence-electron chi connectivity index (χ3n) is 7.40. The number of amides is 1. The number of rotatable bonds is 9. The fourth-order valence-corrected chi connectivity index (χ4v) is 6.50. The number of sulfonamides is 1. The molecule has 0 saturated carbocycles. The van der Waals surface area contributed by atoms with E-state index in [9.17, 15) is 17.6 Å². The third kappa shape index (κ3) is 7.00. The molecular weight excluding hydrogens is 549 g/mol. The van der Waals surface area contributed by atoms with Crippen molar-refractivity contribution in [2.24, 2.45) is 0 Å². The van der Waals surface area contributed by atoms with Gasteiger partial charge in [-0.1, -0.05) is 0 Å². The van der Waals surface area contributed by atoms with Crippen molar-refractivity contribution in [2.75, 3.05) is 57.9 Å². The minimum Gasteiger partial charge on any atom is -0.497 e. The molecule has 3 aromatic rings.